The number of hydrogen-bond donors (Lipinski definition) is 1. The molecule has 1 atom stereocenters. The molecule has 1 unspecified atom stereocenters. The van der Waals surface area contributed by atoms with Gasteiger partial charge in [0.05, 0.1) is 18.3 Å². The van der Waals surface area contributed by atoms with Crippen LogP contribution in [-0.2, 0) is 11.3 Å². The molecule has 0 amide bonds. The molecule has 0 saturated carbocycles. The lowest BCUT2D eigenvalue weighted by Gasteiger charge is -2.23. The molecule has 1 heterocycles. The quantitative estimate of drug-likeness (QED) is 0.746. The van der Waals surface area contributed by atoms with Gasteiger partial charge in [0.2, 0.25) is 0 Å². The summed E-state index contributed by atoms with van der Waals surface area (Å²) in [6.45, 7) is 6.17. The second-order valence-corrected chi connectivity index (χ2v) is 4.84. The maximum absolute atomic E-state index is 10.9. The van der Waals surface area contributed by atoms with Crippen LogP contribution >= 0.6 is 0 Å². The van der Waals surface area contributed by atoms with Crippen molar-refractivity contribution in [1.29, 1.82) is 0 Å². The number of methoxy groups -OCH3 is 1. The summed E-state index contributed by atoms with van der Waals surface area (Å²) in [6.07, 6.45) is 0.403. The first-order valence-electron chi connectivity index (χ1n) is 5.47. The molecule has 6 heteroatoms. The zero-order chi connectivity index (χ0) is 13.1. The Kier molecular flexibility index (Phi) is 4.36. The maximum Gasteiger partial charge on any atom is 0.172 e. The Balaban J connectivity index is 3.08. The molecule has 0 aliphatic rings. The van der Waals surface area contributed by atoms with E-state index in [0.29, 0.717) is 18.5 Å². The fourth-order valence-corrected chi connectivity index (χ4v) is 1.52. The monoisotopic (exact) mass is 241 g/mol. The van der Waals surface area contributed by atoms with Crippen LogP contribution in [0.5, 0.6) is 0 Å². The van der Waals surface area contributed by atoms with Gasteiger partial charge in [0.1, 0.15) is 0 Å². The summed E-state index contributed by atoms with van der Waals surface area (Å²) in [5, 5.41) is 17.0. The fourth-order valence-electron chi connectivity index (χ4n) is 1.52. The van der Waals surface area contributed by atoms with Gasteiger partial charge in [-0.3, -0.25) is 4.79 Å². The highest BCUT2D eigenvalue weighted by molar-refractivity contribution is 5.73. The molecule has 0 spiro atoms. The van der Waals surface area contributed by atoms with Gasteiger partial charge in [-0.05, 0) is 6.92 Å². The minimum atomic E-state index is -0.323. The van der Waals surface area contributed by atoms with E-state index in [2.05, 4.69) is 10.3 Å². The van der Waals surface area contributed by atoms with Gasteiger partial charge in [-0.1, -0.05) is 19.1 Å². The Morgan fingerprint density at radius 2 is 2.24 bits per heavy atom. The number of carbonyl (C=O) groups is 1. The number of aldehydes is 1. The Bertz CT molecular complexity index is 387. The smallest absolute Gasteiger partial charge is 0.172 e. The van der Waals surface area contributed by atoms with Crippen molar-refractivity contribution < 1.29 is 14.6 Å². The minimum absolute atomic E-state index is 0.0318. The van der Waals surface area contributed by atoms with Crippen molar-refractivity contribution in [3.05, 3.63) is 11.4 Å². The summed E-state index contributed by atoms with van der Waals surface area (Å²) in [6, 6.07) is 0. The molecule has 0 bridgehead atoms. The molecular formula is C11H19N3O3. The van der Waals surface area contributed by atoms with Crippen molar-refractivity contribution >= 4 is 6.29 Å². The fraction of sp³-hybridized carbons (Fsp3) is 0.727. The summed E-state index contributed by atoms with van der Waals surface area (Å²) in [7, 11) is 1.56. The van der Waals surface area contributed by atoms with E-state index >= 15 is 0 Å². The highest BCUT2D eigenvalue weighted by Gasteiger charge is 2.24. The van der Waals surface area contributed by atoms with Crippen molar-refractivity contribution in [2.24, 2.45) is 5.41 Å². The van der Waals surface area contributed by atoms with Crippen molar-refractivity contribution in [3.63, 3.8) is 0 Å². The molecule has 6 nitrogen and oxygen atoms in total. The first-order chi connectivity index (χ1) is 7.95. The number of aliphatic hydroxyl groups is 1. The van der Waals surface area contributed by atoms with Gasteiger partial charge < -0.3 is 9.84 Å². The normalized spacial score (nSPS) is 13.7. The van der Waals surface area contributed by atoms with Gasteiger partial charge in [0.15, 0.2) is 12.0 Å². The molecule has 0 fully saturated rings. The predicted octanol–water partition coefficient (Wildman–Crippen LogP) is 0.817. The summed E-state index contributed by atoms with van der Waals surface area (Å²) in [5.74, 6) is 0. The first-order valence-corrected chi connectivity index (χ1v) is 5.47. The molecule has 1 aromatic heterocycles. The van der Waals surface area contributed by atoms with E-state index in [9.17, 15) is 9.90 Å². The molecule has 0 saturated heterocycles. The molecule has 1 N–H and O–H groups in total. The van der Waals surface area contributed by atoms with E-state index in [1.54, 1.807) is 11.8 Å². The zero-order valence-electron chi connectivity index (χ0n) is 10.7. The van der Waals surface area contributed by atoms with Crippen LogP contribution in [0.25, 0.3) is 0 Å². The first kappa shape index (κ1) is 13.8. The summed E-state index contributed by atoms with van der Waals surface area (Å²) >= 11 is 0. The third-order valence-corrected chi connectivity index (χ3v) is 2.66. The number of aliphatic hydroxyl groups excluding tert-OH is 1. The van der Waals surface area contributed by atoms with E-state index < -0.39 is 0 Å². The lowest BCUT2D eigenvalue weighted by Crippen LogP contribution is -2.26. The molecule has 0 aliphatic heterocycles. The Morgan fingerprint density at radius 3 is 2.71 bits per heavy atom. The average Bonchev–Trinajstić information content (AvgIpc) is 2.70. The number of rotatable bonds is 6. The SMILES string of the molecule is COC(C)c1c(C=O)nnn1CC(C)(C)CO. The van der Waals surface area contributed by atoms with Gasteiger partial charge >= 0.3 is 0 Å². The van der Waals surface area contributed by atoms with E-state index in [1.165, 1.54) is 0 Å². The summed E-state index contributed by atoms with van der Waals surface area (Å²) < 4.78 is 6.82. The predicted molar refractivity (Wildman–Crippen MR) is 61.7 cm³/mol. The highest BCUT2D eigenvalue weighted by atomic mass is 16.5. The number of ether oxygens (including phenoxy) is 1. The van der Waals surface area contributed by atoms with Gasteiger partial charge in [-0.25, -0.2) is 4.68 Å². The largest absolute Gasteiger partial charge is 0.396 e. The van der Waals surface area contributed by atoms with Crippen LogP contribution in [0, 0.1) is 5.41 Å². The number of hydrogen-bond acceptors (Lipinski definition) is 5. The van der Waals surface area contributed by atoms with Crippen LogP contribution in [0.3, 0.4) is 0 Å². The van der Waals surface area contributed by atoms with E-state index in [-0.39, 0.29) is 23.8 Å². The third kappa shape index (κ3) is 3.10. The third-order valence-electron chi connectivity index (χ3n) is 2.66. The number of aromatic nitrogens is 3. The van der Waals surface area contributed by atoms with E-state index in [0.717, 1.165) is 0 Å². The lowest BCUT2D eigenvalue weighted by atomic mass is 9.95. The second kappa shape index (κ2) is 5.37. The minimum Gasteiger partial charge on any atom is -0.396 e. The number of carbonyl (C=O) groups excluding carboxylic acids is 1. The summed E-state index contributed by atoms with van der Waals surface area (Å²) in [4.78, 5) is 10.9. The molecule has 1 rings (SSSR count). The zero-order valence-corrected chi connectivity index (χ0v) is 10.7. The van der Waals surface area contributed by atoms with Crippen LogP contribution in [0.1, 0.15) is 43.1 Å². The molecule has 17 heavy (non-hydrogen) atoms. The van der Waals surface area contributed by atoms with Gasteiger partial charge in [0, 0.05) is 19.1 Å². The molecule has 96 valence electrons. The summed E-state index contributed by atoms with van der Waals surface area (Å²) in [5.41, 5.74) is 0.605. The van der Waals surface area contributed by atoms with Crippen LogP contribution in [0.2, 0.25) is 0 Å². The Labute approximate surface area is 101 Å². The van der Waals surface area contributed by atoms with Crippen molar-refractivity contribution in [2.45, 2.75) is 33.4 Å². The van der Waals surface area contributed by atoms with Gasteiger partial charge in [0.25, 0.3) is 0 Å². The average molecular weight is 241 g/mol. The topological polar surface area (TPSA) is 77.2 Å². The number of nitrogens with zero attached hydrogens (tertiary/aromatic N) is 3. The molecule has 1 aromatic rings. The molecule has 0 aliphatic carbocycles. The van der Waals surface area contributed by atoms with Crippen LogP contribution in [0.4, 0.5) is 0 Å². The van der Waals surface area contributed by atoms with Crippen molar-refractivity contribution in [2.75, 3.05) is 13.7 Å². The van der Waals surface area contributed by atoms with Gasteiger partial charge in [-0.15, -0.1) is 5.10 Å². The van der Waals surface area contributed by atoms with E-state index in [1.807, 2.05) is 20.8 Å². The Morgan fingerprint density at radius 1 is 1.59 bits per heavy atom. The lowest BCUT2D eigenvalue weighted by molar-refractivity contribution is 0.0970. The molecular weight excluding hydrogens is 222 g/mol. The Hall–Kier alpha value is -1.27. The molecule has 0 radical (unpaired) electrons. The standard InChI is InChI=1S/C11H19N3O3/c1-8(17-4)10-9(5-15)12-13-14(10)6-11(2,3)7-16/h5,8,16H,6-7H2,1-4H3. The second-order valence-electron chi connectivity index (χ2n) is 4.84. The van der Waals surface area contributed by atoms with Crippen molar-refractivity contribution in [3.8, 4) is 0 Å². The van der Waals surface area contributed by atoms with Crippen LogP contribution in [-0.4, -0.2) is 40.1 Å². The van der Waals surface area contributed by atoms with Crippen LogP contribution in [0.15, 0.2) is 0 Å². The van der Waals surface area contributed by atoms with Crippen molar-refractivity contribution in [1.82, 2.24) is 15.0 Å². The maximum atomic E-state index is 10.9. The van der Waals surface area contributed by atoms with E-state index in [4.69, 9.17) is 4.74 Å². The highest BCUT2D eigenvalue weighted by Crippen LogP contribution is 2.22. The van der Waals surface area contributed by atoms with Crippen LogP contribution < -0.4 is 0 Å². The molecule has 0 aromatic carbocycles. The van der Waals surface area contributed by atoms with Gasteiger partial charge in [-0.2, -0.15) is 0 Å².